The Balaban J connectivity index is 1.64. The molecule has 0 saturated carbocycles. The number of carbonyl (C=O) groups is 2. The van der Waals surface area contributed by atoms with E-state index in [1.54, 1.807) is 12.1 Å². The third-order valence-corrected chi connectivity index (χ3v) is 4.92. The Morgan fingerprint density at radius 1 is 1.30 bits per heavy atom. The molecule has 0 saturated heterocycles. The highest BCUT2D eigenvalue weighted by Gasteiger charge is 2.18. The van der Waals surface area contributed by atoms with Crippen LogP contribution in [0.4, 0.5) is 0 Å². The molecule has 0 aliphatic carbocycles. The molecule has 9 heteroatoms. The van der Waals surface area contributed by atoms with Gasteiger partial charge in [0.2, 0.25) is 0 Å². The molecular formula is C18H19N3O5S. The maximum atomic E-state index is 12.6. The number of ketones is 1. The second-order valence-corrected chi connectivity index (χ2v) is 6.75. The second kappa shape index (κ2) is 8.26. The minimum Gasteiger partial charge on any atom is -0.469 e. The summed E-state index contributed by atoms with van der Waals surface area (Å²) in [6.07, 6.45) is 1.78. The van der Waals surface area contributed by atoms with Gasteiger partial charge in [-0.15, -0.1) is 10.2 Å². The maximum absolute atomic E-state index is 12.6. The average Bonchev–Trinajstić information content (AvgIpc) is 3.39. The Bertz CT molecular complexity index is 943. The number of methoxy groups -OCH3 is 1. The highest BCUT2D eigenvalue weighted by molar-refractivity contribution is 7.99. The van der Waals surface area contributed by atoms with Crippen molar-refractivity contribution in [1.82, 2.24) is 14.8 Å². The van der Waals surface area contributed by atoms with Crippen molar-refractivity contribution in [3.8, 4) is 11.7 Å². The van der Waals surface area contributed by atoms with E-state index >= 15 is 0 Å². The lowest BCUT2D eigenvalue weighted by Crippen LogP contribution is -2.10. The number of ether oxygens (including phenoxy) is 1. The first-order valence-electron chi connectivity index (χ1n) is 8.26. The van der Waals surface area contributed by atoms with Gasteiger partial charge in [-0.2, -0.15) is 0 Å². The van der Waals surface area contributed by atoms with Crippen LogP contribution in [0.15, 0.2) is 38.5 Å². The molecule has 0 atom stereocenters. The lowest BCUT2D eigenvalue weighted by Gasteiger charge is -2.08. The molecule has 27 heavy (non-hydrogen) atoms. The fourth-order valence-electron chi connectivity index (χ4n) is 2.71. The maximum Gasteiger partial charge on any atom is 0.307 e. The van der Waals surface area contributed by atoms with E-state index in [0.29, 0.717) is 23.1 Å². The largest absolute Gasteiger partial charge is 0.469 e. The molecule has 0 spiro atoms. The topological polar surface area (TPSA) is 100 Å². The van der Waals surface area contributed by atoms with Crippen LogP contribution in [0, 0.1) is 13.8 Å². The summed E-state index contributed by atoms with van der Waals surface area (Å²) in [5.41, 5.74) is 2.36. The van der Waals surface area contributed by atoms with Crippen LogP contribution in [0.1, 0.15) is 28.2 Å². The number of esters is 1. The summed E-state index contributed by atoms with van der Waals surface area (Å²) in [5, 5.41) is 8.12. The van der Waals surface area contributed by atoms with Crippen LogP contribution in [-0.4, -0.2) is 39.4 Å². The Kier molecular flexibility index (Phi) is 5.80. The molecule has 0 aliphatic heterocycles. The van der Waals surface area contributed by atoms with Crippen LogP contribution in [-0.2, 0) is 16.1 Å². The van der Waals surface area contributed by atoms with E-state index in [1.165, 1.54) is 25.1 Å². The fraction of sp³-hybridized carbons (Fsp3) is 0.333. The van der Waals surface area contributed by atoms with Crippen molar-refractivity contribution in [1.29, 1.82) is 0 Å². The number of thioether (sulfide) groups is 1. The van der Waals surface area contributed by atoms with Crippen molar-refractivity contribution in [2.75, 3.05) is 12.9 Å². The van der Waals surface area contributed by atoms with Gasteiger partial charge in [-0.1, -0.05) is 11.8 Å². The van der Waals surface area contributed by atoms with Crippen molar-refractivity contribution in [2.45, 2.75) is 32.0 Å². The van der Waals surface area contributed by atoms with Crippen LogP contribution < -0.4 is 0 Å². The number of Topliss-reactive ketones (excluding diaryl/α,β-unsaturated/α-hetero) is 1. The normalized spacial score (nSPS) is 10.9. The van der Waals surface area contributed by atoms with Gasteiger partial charge >= 0.3 is 5.97 Å². The number of aromatic nitrogens is 3. The zero-order chi connectivity index (χ0) is 19.4. The van der Waals surface area contributed by atoms with Crippen molar-refractivity contribution in [3.63, 3.8) is 0 Å². The second-order valence-electron chi connectivity index (χ2n) is 5.82. The molecule has 0 N–H and O–H groups in total. The van der Waals surface area contributed by atoms with Gasteiger partial charge in [-0.05, 0) is 32.0 Å². The molecule has 0 aromatic carbocycles. The minimum absolute atomic E-state index is 0.0461. The minimum atomic E-state index is -0.283. The molecule has 0 aliphatic rings. The predicted molar refractivity (Wildman–Crippen MR) is 97.6 cm³/mol. The van der Waals surface area contributed by atoms with Gasteiger partial charge < -0.3 is 18.1 Å². The van der Waals surface area contributed by atoms with Crippen LogP contribution in [0.2, 0.25) is 0 Å². The molecule has 0 unspecified atom stereocenters. The van der Waals surface area contributed by atoms with Crippen LogP contribution in [0.25, 0.3) is 11.7 Å². The summed E-state index contributed by atoms with van der Waals surface area (Å²) in [4.78, 5) is 24.0. The van der Waals surface area contributed by atoms with Crippen molar-refractivity contribution < 1.29 is 23.2 Å². The van der Waals surface area contributed by atoms with Gasteiger partial charge in [0, 0.05) is 23.5 Å². The molecule has 142 valence electrons. The number of nitrogens with zero attached hydrogens (tertiary/aromatic N) is 3. The monoisotopic (exact) mass is 389 g/mol. The third kappa shape index (κ3) is 4.30. The van der Waals surface area contributed by atoms with Crippen LogP contribution in [0.3, 0.4) is 0 Å². The van der Waals surface area contributed by atoms with Crippen LogP contribution >= 0.6 is 11.8 Å². The molecule has 0 fully saturated rings. The zero-order valence-electron chi connectivity index (χ0n) is 15.2. The number of carbonyl (C=O) groups excluding carboxylic acids is 2. The molecule has 0 radical (unpaired) electrons. The molecule has 0 bridgehead atoms. The molecule has 3 rings (SSSR count). The molecule has 8 nitrogen and oxygen atoms in total. The molecule has 0 amide bonds. The summed E-state index contributed by atoms with van der Waals surface area (Å²) in [6.45, 7) is 4.24. The van der Waals surface area contributed by atoms with E-state index in [0.717, 1.165) is 11.4 Å². The Morgan fingerprint density at radius 2 is 2.11 bits per heavy atom. The van der Waals surface area contributed by atoms with Crippen molar-refractivity contribution in [3.05, 3.63) is 41.4 Å². The van der Waals surface area contributed by atoms with Gasteiger partial charge in [-0.3, -0.25) is 9.59 Å². The summed E-state index contributed by atoms with van der Waals surface area (Å²) in [7, 11) is 1.36. The lowest BCUT2D eigenvalue weighted by atomic mass is 10.2. The summed E-state index contributed by atoms with van der Waals surface area (Å²) >= 11 is 1.17. The fourth-order valence-corrected chi connectivity index (χ4v) is 3.35. The highest BCUT2D eigenvalue weighted by Crippen LogP contribution is 2.25. The number of aryl methyl sites for hydroxylation is 1. The van der Waals surface area contributed by atoms with Crippen molar-refractivity contribution in [2.24, 2.45) is 0 Å². The quantitative estimate of drug-likeness (QED) is 0.329. The summed E-state index contributed by atoms with van der Waals surface area (Å²) < 4.78 is 17.3. The first-order chi connectivity index (χ1) is 13.0. The van der Waals surface area contributed by atoms with E-state index < -0.39 is 0 Å². The Morgan fingerprint density at radius 3 is 2.81 bits per heavy atom. The van der Waals surface area contributed by atoms with Gasteiger partial charge in [0.1, 0.15) is 0 Å². The SMILES string of the molecule is COC(=O)CCn1c(C)cc(C(=O)CSc2nnc(-c3ccco3)o2)c1C. The first-order valence-corrected chi connectivity index (χ1v) is 9.25. The van der Waals surface area contributed by atoms with Crippen LogP contribution in [0.5, 0.6) is 0 Å². The van der Waals surface area contributed by atoms with E-state index in [2.05, 4.69) is 14.9 Å². The standard InChI is InChI=1S/C18H19N3O5S/c1-11-9-13(12(2)21(11)7-6-16(23)24-3)14(22)10-27-18-20-19-17(26-18)15-5-4-8-25-15/h4-5,8-9H,6-7,10H2,1-3H3. The number of rotatable bonds is 8. The number of hydrogen-bond donors (Lipinski definition) is 0. The molecular weight excluding hydrogens is 370 g/mol. The summed E-state index contributed by atoms with van der Waals surface area (Å²) in [5.74, 6) is 0.594. The van der Waals surface area contributed by atoms with E-state index in [4.69, 9.17) is 8.83 Å². The zero-order valence-corrected chi connectivity index (χ0v) is 16.0. The lowest BCUT2D eigenvalue weighted by molar-refractivity contribution is -0.140. The highest BCUT2D eigenvalue weighted by atomic mass is 32.2. The third-order valence-electron chi connectivity index (χ3n) is 4.11. The number of hydrogen-bond acceptors (Lipinski definition) is 8. The van der Waals surface area contributed by atoms with Gasteiger partial charge in [0.25, 0.3) is 11.1 Å². The number of furan rings is 1. The van der Waals surface area contributed by atoms with E-state index in [1.807, 2.05) is 24.5 Å². The van der Waals surface area contributed by atoms with Gasteiger partial charge in [-0.25, -0.2) is 0 Å². The average molecular weight is 389 g/mol. The van der Waals surface area contributed by atoms with Gasteiger partial charge in [0.15, 0.2) is 11.5 Å². The summed E-state index contributed by atoms with van der Waals surface area (Å²) in [6, 6.07) is 5.28. The Labute approximate surface area is 159 Å². The van der Waals surface area contributed by atoms with Crippen molar-refractivity contribution >= 4 is 23.5 Å². The van der Waals surface area contributed by atoms with Gasteiger partial charge in [0.05, 0.1) is 25.5 Å². The molecule has 3 aromatic rings. The smallest absolute Gasteiger partial charge is 0.307 e. The Hall–Kier alpha value is -2.81. The first kappa shape index (κ1) is 19.0. The molecule has 3 aromatic heterocycles. The predicted octanol–water partition coefficient (Wildman–Crippen LogP) is 3.29. The molecule has 3 heterocycles. The van der Waals surface area contributed by atoms with E-state index in [9.17, 15) is 9.59 Å². The van der Waals surface area contributed by atoms with E-state index in [-0.39, 0.29) is 29.8 Å².